The van der Waals surface area contributed by atoms with Crippen molar-refractivity contribution in [3.05, 3.63) is 0 Å². The molecule has 0 saturated heterocycles. The number of hydrogen-bond donors (Lipinski definition) is 1. The summed E-state index contributed by atoms with van der Waals surface area (Å²) in [5, 5.41) is 3.61. The van der Waals surface area contributed by atoms with Gasteiger partial charge in [-0.1, -0.05) is 12.8 Å². The summed E-state index contributed by atoms with van der Waals surface area (Å²) in [6, 6.07) is 1.34. The standard InChI is InChI=1S/C15H32N2O/c1-13(12-15(2,3)18-5)16-10-11-17(4)14-8-6-7-9-14/h13-14,16H,6-12H2,1-5H3. The van der Waals surface area contributed by atoms with Crippen LogP contribution in [-0.4, -0.2) is 49.8 Å². The van der Waals surface area contributed by atoms with E-state index in [0.29, 0.717) is 6.04 Å². The first-order valence-electron chi connectivity index (χ1n) is 7.43. The fourth-order valence-corrected chi connectivity index (χ4v) is 2.91. The van der Waals surface area contributed by atoms with Gasteiger partial charge in [0.05, 0.1) is 5.60 Å². The van der Waals surface area contributed by atoms with Gasteiger partial charge in [-0.3, -0.25) is 0 Å². The van der Waals surface area contributed by atoms with Gasteiger partial charge in [0.25, 0.3) is 0 Å². The summed E-state index contributed by atoms with van der Waals surface area (Å²) in [5.74, 6) is 0. The Kier molecular flexibility index (Phi) is 6.61. The van der Waals surface area contributed by atoms with E-state index in [2.05, 4.69) is 38.0 Å². The first-order valence-corrected chi connectivity index (χ1v) is 7.43. The zero-order valence-electron chi connectivity index (χ0n) is 13.0. The highest BCUT2D eigenvalue weighted by atomic mass is 16.5. The predicted molar refractivity (Wildman–Crippen MR) is 78.1 cm³/mol. The number of methoxy groups -OCH3 is 1. The molecule has 1 rings (SSSR count). The minimum Gasteiger partial charge on any atom is -0.379 e. The molecule has 1 aliphatic carbocycles. The van der Waals surface area contributed by atoms with E-state index in [1.165, 1.54) is 25.7 Å². The van der Waals surface area contributed by atoms with Crippen LogP contribution in [0.5, 0.6) is 0 Å². The van der Waals surface area contributed by atoms with Crippen LogP contribution in [0.25, 0.3) is 0 Å². The second kappa shape index (κ2) is 7.46. The predicted octanol–water partition coefficient (Wildman–Crippen LogP) is 2.65. The second-order valence-electron chi connectivity index (χ2n) is 6.44. The van der Waals surface area contributed by atoms with Crippen molar-refractivity contribution in [2.75, 3.05) is 27.2 Å². The molecule has 18 heavy (non-hydrogen) atoms. The zero-order chi connectivity index (χ0) is 13.6. The van der Waals surface area contributed by atoms with E-state index in [1.54, 1.807) is 7.11 Å². The Labute approximate surface area is 113 Å². The van der Waals surface area contributed by atoms with Crippen LogP contribution in [0.4, 0.5) is 0 Å². The van der Waals surface area contributed by atoms with Crippen molar-refractivity contribution in [1.29, 1.82) is 0 Å². The molecular formula is C15H32N2O. The highest BCUT2D eigenvalue weighted by Crippen LogP contribution is 2.21. The quantitative estimate of drug-likeness (QED) is 0.722. The van der Waals surface area contributed by atoms with Gasteiger partial charge in [-0.15, -0.1) is 0 Å². The molecule has 0 aromatic heterocycles. The van der Waals surface area contributed by atoms with Gasteiger partial charge in [0, 0.05) is 32.3 Å². The van der Waals surface area contributed by atoms with Crippen LogP contribution in [-0.2, 0) is 4.74 Å². The molecule has 1 unspecified atom stereocenters. The molecule has 0 heterocycles. The minimum absolute atomic E-state index is 0.0240. The van der Waals surface area contributed by atoms with Gasteiger partial charge in [-0.2, -0.15) is 0 Å². The summed E-state index contributed by atoms with van der Waals surface area (Å²) in [5.41, 5.74) is -0.0240. The van der Waals surface area contributed by atoms with E-state index in [1.807, 2.05) is 0 Å². The van der Waals surface area contributed by atoms with Gasteiger partial charge in [0.15, 0.2) is 0 Å². The van der Waals surface area contributed by atoms with Crippen LogP contribution < -0.4 is 5.32 Å². The van der Waals surface area contributed by atoms with Gasteiger partial charge in [0.1, 0.15) is 0 Å². The van der Waals surface area contributed by atoms with Crippen LogP contribution in [0, 0.1) is 0 Å². The van der Waals surface area contributed by atoms with Crippen molar-refractivity contribution in [3.8, 4) is 0 Å². The van der Waals surface area contributed by atoms with E-state index < -0.39 is 0 Å². The van der Waals surface area contributed by atoms with Crippen molar-refractivity contribution in [1.82, 2.24) is 10.2 Å². The summed E-state index contributed by atoms with van der Waals surface area (Å²) in [6.45, 7) is 8.78. The highest BCUT2D eigenvalue weighted by Gasteiger charge is 2.21. The lowest BCUT2D eigenvalue weighted by Crippen LogP contribution is -2.41. The first-order chi connectivity index (χ1) is 8.44. The summed E-state index contributed by atoms with van der Waals surface area (Å²) >= 11 is 0. The SMILES string of the molecule is COC(C)(C)CC(C)NCCN(C)C1CCCC1. The molecule has 0 aromatic carbocycles. The van der Waals surface area contributed by atoms with Crippen LogP contribution in [0.3, 0.4) is 0 Å². The molecular weight excluding hydrogens is 224 g/mol. The number of likely N-dealkylation sites (N-methyl/N-ethyl adjacent to an activating group) is 1. The molecule has 1 saturated carbocycles. The lowest BCUT2D eigenvalue weighted by Gasteiger charge is -2.28. The van der Waals surface area contributed by atoms with Gasteiger partial charge >= 0.3 is 0 Å². The molecule has 1 aliphatic rings. The Hall–Kier alpha value is -0.120. The lowest BCUT2D eigenvalue weighted by molar-refractivity contribution is 0.00843. The fraction of sp³-hybridized carbons (Fsp3) is 1.00. The number of ether oxygens (including phenoxy) is 1. The summed E-state index contributed by atoms with van der Waals surface area (Å²) in [6.07, 6.45) is 6.67. The van der Waals surface area contributed by atoms with Crippen molar-refractivity contribution < 1.29 is 4.74 Å². The molecule has 1 N–H and O–H groups in total. The van der Waals surface area contributed by atoms with Gasteiger partial charge in [0.2, 0.25) is 0 Å². The lowest BCUT2D eigenvalue weighted by atomic mass is 10.00. The minimum atomic E-state index is -0.0240. The van der Waals surface area contributed by atoms with Gasteiger partial charge in [-0.25, -0.2) is 0 Å². The van der Waals surface area contributed by atoms with E-state index in [0.717, 1.165) is 25.6 Å². The number of nitrogens with one attached hydrogen (secondary N) is 1. The third-order valence-electron chi connectivity index (χ3n) is 4.26. The maximum absolute atomic E-state index is 5.47. The number of hydrogen-bond acceptors (Lipinski definition) is 3. The maximum atomic E-state index is 5.47. The first kappa shape index (κ1) is 15.9. The van der Waals surface area contributed by atoms with Crippen molar-refractivity contribution >= 4 is 0 Å². The Bertz CT molecular complexity index is 225. The zero-order valence-corrected chi connectivity index (χ0v) is 13.0. The molecule has 0 aliphatic heterocycles. The molecule has 0 spiro atoms. The van der Waals surface area contributed by atoms with Crippen LogP contribution >= 0.6 is 0 Å². The van der Waals surface area contributed by atoms with Crippen LogP contribution in [0.15, 0.2) is 0 Å². The molecule has 1 fully saturated rings. The molecule has 0 amide bonds. The Balaban J connectivity index is 2.12. The van der Waals surface area contributed by atoms with Crippen LogP contribution in [0.2, 0.25) is 0 Å². The molecule has 1 atom stereocenters. The average molecular weight is 256 g/mol. The van der Waals surface area contributed by atoms with E-state index in [9.17, 15) is 0 Å². The van der Waals surface area contributed by atoms with Crippen molar-refractivity contribution in [2.45, 2.75) is 70.6 Å². The topological polar surface area (TPSA) is 24.5 Å². The molecule has 3 nitrogen and oxygen atoms in total. The fourth-order valence-electron chi connectivity index (χ4n) is 2.91. The summed E-state index contributed by atoms with van der Waals surface area (Å²) in [4.78, 5) is 2.52. The highest BCUT2D eigenvalue weighted by molar-refractivity contribution is 4.78. The molecule has 0 bridgehead atoms. The van der Waals surface area contributed by atoms with Gasteiger partial charge in [-0.05, 0) is 47.1 Å². The third kappa shape index (κ3) is 5.68. The number of nitrogens with zero attached hydrogens (tertiary/aromatic N) is 1. The summed E-state index contributed by atoms with van der Waals surface area (Å²) < 4.78 is 5.47. The summed E-state index contributed by atoms with van der Waals surface area (Å²) in [7, 11) is 4.06. The molecule has 0 radical (unpaired) electrons. The Morgan fingerprint density at radius 1 is 1.33 bits per heavy atom. The van der Waals surface area contributed by atoms with Crippen molar-refractivity contribution in [2.24, 2.45) is 0 Å². The second-order valence-corrected chi connectivity index (χ2v) is 6.44. The Morgan fingerprint density at radius 3 is 2.50 bits per heavy atom. The molecule has 3 heteroatoms. The third-order valence-corrected chi connectivity index (χ3v) is 4.26. The molecule has 108 valence electrons. The average Bonchev–Trinajstić information content (AvgIpc) is 2.81. The van der Waals surface area contributed by atoms with E-state index >= 15 is 0 Å². The van der Waals surface area contributed by atoms with E-state index in [4.69, 9.17) is 4.74 Å². The smallest absolute Gasteiger partial charge is 0.0637 e. The van der Waals surface area contributed by atoms with Crippen molar-refractivity contribution in [3.63, 3.8) is 0 Å². The molecule has 0 aromatic rings. The normalized spacial score (nSPS) is 19.7. The number of rotatable bonds is 8. The monoisotopic (exact) mass is 256 g/mol. The van der Waals surface area contributed by atoms with Gasteiger partial charge < -0.3 is 15.0 Å². The Morgan fingerprint density at radius 2 is 1.94 bits per heavy atom. The van der Waals surface area contributed by atoms with Crippen LogP contribution in [0.1, 0.15) is 52.9 Å². The van der Waals surface area contributed by atoms with E-state index in [-0.39, 0.29) is 5.60 Å². The maximum Gasteiger partial charge on any atom is 0.0637 e. The largest absolute Gasteiger partial charge is 0.379 e.